The molecule has 2 atom stereocenters. The van der Waals surface area contributed by atoms with Crippen molar-refractivity contribution >= 4 is 17.8 Å². The van der Waals surface area contributed by atoms with Crippen molar-refractivity contribution < 1.29 is 23.9 Å². The highest BCUT2D eigenvalue weighted by molar-refractivity contribution is 5.94. The summed E-state index contributed by atoms with van der Waals surface area (Å²) >= 11 is 0. The molecule has 0 unspecified atom stereocenters. The molecule has 2 amide bonds. The summed E-state index contributed by atoms with van der Waals surface area (Å²) in [6.45, 7) is 0.908. The van der Waals surface area contributed by atoms with Gasteiger partial charge < -0.3 is 15.3 Å². The Hall–Kier alpha value is -2.44. The van der Waals surface area contributed by atoms with Crippen LogP contribution in [-0.4, -0.2) is 47.4 Å². The molecule has 25 heavy (non-hydrogen) atoms. The molecular weight excluding hydrogens is 327 g/mol. The zero-order valence-corrected chi connectivity index (χ0v) is 13.8. The maximum absolute atomic E-state index is 12.8. The van der Waals surface area contributed by atoms with Crippen LogP contribution in [0.25, 0.3) is 0 Å². The van der Waals surface area contributed by atoms with Gasteiger partial charge in [-0.05, 0) is 43.0 Å². The van der Waals surface area contributed by atoms with E-state index in [2.05, 4.69) is 5.32 Å². The van der Waals surface area contributed by atoms with Crippen LogP contribution in [-0.2, 0) is 9.59 Å². The number of carboxylic acids is 1. The third-order valence-corrected chi connectivity index (χ3v) is 5.38. The standard InChI is InChI=1S/C18H21FN2O4/c19-14-5-3-12(4-6-14)16(23)20-9-7-15(22)21-10-13-2-1-8-18(13,11-21)17(24)25/h3-6,13H,1-2,7-11H2,(H,20,23)(H,24,25)/t13-,18+/m0/s1. The van der Waals surface area contributed by atoms with Gasteiger partial charge in [-0.3, -0.25) is 14.4 Å². The number of nitrogens with one attached hydrogen (secondary N) is 1. The van der Waals surface area contributed by atoms with E-state index in [1.165, 1.54) is 24.3 Å². The lowest BCUT2D eigenvalue weighted by molar-refractivity contribution is -0.149. The van der Waals surface area contributed by atoms with Gasteiger partial charge in [0.15, 0.2) is 0 Å². The molecule has 6 nitrogen and oxygen atoms in total. The molecule has 1 aromatic carbocycles. The van der Waals surface area contributed by atoms with Crippen molar-refractivity contribution in [3.05, 3.63) is 35.6 Å². The lowest BCUT2D eigenvalue weighted by atomic mass is 9.81. The van der Waals surface area contributed by atoms with Crippen LogP contribution >= 0.6 is 0 Å². The Bertz CT molecular complexity index is 691. The lowest BCUT2D eigenvalue weighted by Crippen LogP contribution is -2.38. The first kappa shape index (κ1) is 17.4. The van der Waals surface area contributed by atoms with Gasteiger partial charge in [0.2, 0.25) is 5.91 Å². The van der Waals surface area contributed by atoms with Crippen LogP contribution in [0.5, 0.6) is 0 Å². The van der Waals surface area contributed by atoms with Gasteiger partial charge in [-0.15, -0.1) is 0 Å². The average Bonchev–Trinajstić information content (AvgIpc) is 3.13. The van der Waals surface area contributed by atoms with E-state index in [0.717, 1.165) is 12.8 Å². The number of nitrogens with zero attached hydrogens (tertiary/aromatic N) is 1. The summed E-state index contributed by atoms with van der Waals surface area (Å²) in [5.41, 5.74) is -0.457. The number of carbonyl (C=O) groups excluding carboxylic acids is 2. The molecule has 1 aliphatic heterocycles. The molecule has 1 heterocycles. The molecule has 0 aromatic heterocycles. The number of carbonyl (C=O) groups is 3. The Morgan fingerprint density at radius 3 is 2.64 bits per heavy atom. The van der Waals surface area contributed by atoms with Crippen molar-refractivity contribution in [2.75, 3.05) is 19.6 Å². The topological polar surface area (TPSA) is 86.7 Å². The van der Waals surface area contributed by atoms with Crippen molar-refractivity contribution in [3.8, 4) is 0 Å². The van der Waals surface area contributed by atoms with Crippen LogP contribution < -0.4 is 5.32 Å². The predicted octanol–water partition coefficient (Wildman–Crippen LogP) is 1.66. The Labute approximate surface area is 145 Å². The molecule has 0 bridgehead atoms. The largest absolute Gasteiger partial charge is 0.481 e. The average molecular weight is 348 g/mol. The summed E-state index contributed by atoms with van der Waals surface area (Å²) in [4.78, 5) is 37.5. The second-order valence-corrected chi connectivity index (χ2v) is 6.84. The van der Waals surface area contributed by atoms with Gasteiger partial charge in [0.1, 0.15) is 5.82 Å². The van der Waals surface area contributed by atoms with E-state index in [4.69, 9.17) is 0 Å². The van der Waals surface area contributed by atoms with E-state index in [0.29, 0.717) is 18.5 Å². The van der Waals surface area contributed by atoms with Crippen LogP contribution in [0.4, 0.5) is 4.39 Å². The molecule has 1 saturated heterocycles. The monoisotopic (exact) mass is 348 g/mol. The zero-order valence-electron chi connectivity index (χ0n) is 13.8. The summed E-state index contributed by atoms with van der Waals surface area (Å²) in [7, 11) is 0. The Kier molecular flexibility index (Phi) is 4.74. The summed E-state index contributed by atoms with van der Waals surface area (Å²) in [5.74, 6) is -1.71. The molecule has 0 radical (unpaired) electrons. The van der Waals surface area contributed by atoms with E-state index in [1.54, 1.807) is 4.90 Å². The number of hydrogen-bond donors (Lipinski definition) is 2. The Morgan fingerprint density at radius 2 is 2.00 bits per heavy atom. The van der Waals surface area contributed by atoms with Crippen molar-refractivity contribution in [1.82, 2.24) is 10.2 Å². The summed E-state index contributed by atoms with van der Waals surface area (Å²) in [5, 5.41) is 12.2. The molecule has 7 heteroatoms. The molecule has 1 aromatic rings. The number of amides is 2. The summed E-state index contributed by atoms with van der Waals surface area (Å²) in [6.07, 6.45) is 2.48. The fraction of sp³-hybridized carbons (Fsp3) is 0.500. The Morgan fingerprint density at radius 1 is 1.28 bits per heavy atom. The molecule has 2 aliphatic rings. The fourth-order valence-corrected chi connectivity index (χ4v) is 3.97. The molecule has 0 spiro atoms. The maximum atomic E-state index is 12.8. The quantitative estimate of drug-likeness (QED) is 0.847. The highest BCUT2D eigenvalue weighted by Crippen LogP contribution is 2.48. The molecule has 2 fully saturated rings. The van der Waals surface area contributed by atoms with Gasteiger partial charge >= 0.3 is 5.97 Å². The number of aliphatic carboxylic acids is 1. The third kappa shape index (κ3) is 3.36. The van der Waals surface area contributed by atoms with E-state index in [-0.39, 0.29) is 37.2 Å². The van der Waals surface area contributed by atoms with Gasteiger partial charge in [-0.25, -0.2) is 4.39 Å². The van der Waals surface area contributed by atoms with E-state index < -0.39 is 17.2 Å². The number of hydrogen-bond acceptors (Lipinski definition) is 3. The molecule has 1 saturated carbocycles. The first-order chi connectivity index (χ1) is 11.9. The first-order valence-corrected chi connectivity index (χ1v) is 8.47. The smallest absolute Gasteiger partial charge is 0.311 e. The first-order valence-electron chi connectivity index (χ1n) is 8.47. The molecule has 1 aliphatic carbocycles. The van der Waals surface area contributed by atoms with Gasteiger partial charge in [0.05, 0.1) is 5.41 Å². The molecule has 3 rings (SSSR count). The lowest BCUT2D eigenvalue weighted by Gasteiger charge is -2.23. The Balaban J connectivity index is 1.49. The normalized spacial score (nSPS) is 24.8. The van der Waals surface area contributed by atoms with Crippen LogP contribution in [0.15, 0.2) is 24.3 Å². The SMILES string of the molecule is O=C(NCCC(=O)N1C[C@@H]2CCC[C@@]2(C(=O)O)C1)c1ccc(F)cc1. The zero-order chi connectivity index (χ0) is 18.0. The van der Waals surface area contributed by atoms with E-state index in [1.807, 2.05) is 0 Å². The number of rotatable bonds is 5. The maximum Gasteiger partial charge on any atom is 0.311 e. The highest BCUT2D eigenvalue weighted by Gasteiger charge is 2.55. The van der Waals surface area contributed by atoms with E-state index >= 15 is 0 Å². The second kappa shape index (κ2) is 6.82. The third-order valence-electron chi connectivity index (χ3n) is 5.38. The fourth-order valence-electron chi connectivity index (χ4n) is 3.97. The van der Waals surface area contributed by atoms with Gasteiger partial charge in [-0.2, -0.15) is 0 Å². The number of benzene rings is 1. The summed E-state index contributed by atoms with van der Waals surface area (Å²) in [6, 6.07) is 5.17. The van der Waals surface area contributed by atoms with Crippen LogP contribution in [0, 0.1) is 17.2 Å². The van der Waals surface area contributed by atoms with Crippen molar-refractivity contribution in [3.63, 3.8) is 0 Å². The van der Waals surface area contributed by atoms with Crippen molar-refractivity contribution in [1.29, 1.82) is 0 Å². The van der Waals surface area contributed by atoms with Gasteiger partial charge in [-0.1, -0.05) is 6.42 Å². The van der Waals surface area contributed by atoms with Gasteiger partial charge in [0.25, 0.3) is 5.91 Å². The number of likely N-dealkylation sites (tertiary alicyclic amines) is 1. The number of fused-ring (bicyclic) bond motifs is 1. The van der Waals surface area contributed by atoms with Crippen LogP contribution in [0.2, 0.25) is 0 Å². The van der Waals surface area contributed by atoms with Crippen molar-refractivity contribution in [2.45, 2.75) is 25.7 Å². The van der Waals surface area contributed by atoms with Crippen LogP contribution in [0.1, 0.15) is 36.0 Å². The van der Waals surface area contributed by atoms with Crippen LogP contribution in [0.3, 0.4) is 0 Å². The molecule has 2 N–H and O–H groups in total. The van der Waals surface area contributed by atoms with Crippen molar-refractivity contribution in [2.24, 2.45) is 11.3 Å². The van der Waals surface area contributed by atoms with Gasteiger partial charge in [0, 0.05) is 31.6 Å². The second-order valence-electron chi connectivity index (χ2n) is 6.84. The molecule has 134 valence electrons. The minimum Gasteiger partial charge on any atom is -0.481 e. The minimum atomic E-state index is -0.810. The highest BCUT2D eigenvalue weighted by atomic mass is 19.1. The predicted molar refractivity (Wildman–Crippen MR) is 87.3 cm³/mol. The minimum absolute atomic E-state index is 0.0303. The van der Waals surface area contributed by atoms with E-state index in [9.17, 15) is 23.9 Å². The number of halogens is 1. The summed E-state index contributed by atoms with van der Waals surface area (Å²) < 4.78 is 12.8. The number of carboxylic acid groups (broad SMARTS) is 1. The molecular formula is C18H21FN2O4.